The summed E-state index contributed by atoms with van der Waals surface area (Å²) >= 11 is 0. The number of ether oxygens (including phenoxy) is 2. The summed E-state index contributed by atoms with van der Waals surface area (Å²) in [5.41, 5.74) is 3.06. The third-order valence-electron chi connectivity index (χ3n) is 3.36. The van der Waals surface area contributed by atoms with Gasteiger partial charge in [0.25, 0.3) is 0 Å². The van der Waals surface area contributed by atoms with Crippen molar-refractivity contribution < 1.29 is 9.47 Å². The molecule has 1 N–H and O–H groups in total. The minimum Gasteiger partial charge on any atom is -0.379 e. The lowest BCUT2D eigenvalue weighted by Gasteiger charge is -2.32. The first-order valence-electron chi connectivity index (χ1n) is 5.57. The van der Waals surface area contributed by atoms with E-state index in [4.69, 9.17) is 9.47 Å². The van der Waals surface area contributed by atoms with Crippen molar-refractivity contribution in [3.05, 3.63) is 0 Å². The molecule has 0 spiro atoms. The summed E-state index contributed by atoms with van der Waals surface area (Å²) in [5, 5.41) is 8.14. The predicted molar refractivity (Wildman–Crippen MR) is 55.6 cm³/mol. The molecule has 1 aliphatic heterocycles. The highest BCUT2D eigenvalue weighted by Gasteiger charge is 2.39. The van der Waals surface area contributed by atoms with Crippen molar-refractivity contribution in [2.45, 2.75) is 50.0 Å². The van der Waals surface area contributed by atoms with Crippen molar-refractivity contribution in [1.29, 1.82) is 0 Å². The smallest absolute Gasteiger partial charge is 0.123 e. The van der Waals surface area contributed by atoms with Gasteiger partial charge in [-0.25, -0.2) is 0 Å². The molecular weight excluding hydrogens is 194 g/mol. The molecule has 86 valence electrons. The lowest BCUT2D eigenvalue weighted by molar-refractivity contribution is -0.0584. The van der Waals surface area contributed by atoms with Crippen molar-refractivity contribution in [3.63, 3.8) is 0 Å². The van der Waals surface area contributed by atoms with Gasteiger partial charge in [0.1, 0.15) is 12.1 Å². The van der Waals surface area contributed by atoms with Crippen molar-refractivity contribution in [2.24, 2.45) is 10.3 Å². The molecule has 2 rings (SSSR count). The van der Waals surface area contributed by atoms with Gasteiger partial charge in [-0.15, -0.1) is 0 Å². The summed E-state index contributed by atoms with van der Waals surface area (Å²) in [6.45, 7) is 0. The lowest BCUT2D eigenvalue weighted by Crippen LogP contribution is -2.47. The van der Waals surface area contributed by atoms with Crippen LogP contribution in [0.2, 0.25) is 0 Å². The Morgan fingerprint density at radius 2 is 1.93 bits per heavy atom. The van der Waals surface area contributed by atoms with E-state index >= 15 is 0 Å². The standard InChI is InChI=1S/C10H19N3O2/c1-14-8-6-4-3-5-7-9(10(8)15-2)12-13-11-7/h7-10H,3-6H2,1-2H3,(H,11,12)/t7?,8-,9?,10+/m0/s1. The van der Waals surface area contributed by atoms with Gasteiger partial charge in [0.2, 0.25) is 0 Å². The average Bonchev–Trinajstić information content (AvgIpc) is 2.66. The van der Waals surface area contributed by atoms with Gasteiger partial charge >= 0.3 is 0 Å². The molecule has 0 amide bonds. The second-order valence-corrected chi connectivity index (χ2v) is 4.20. The maximum absolute atomic E-state index is 5.53. The Balaban J connectivity index is 2.11. The SMILES string of the molecule is CO[C@H]1CCCCC2NN=NC2[C@@H]1OC. The van der Waals surface area contributed by atoms with Crippen molar-refractivity contribution in [3.8, 4) is 0 Å². The Bertz CT molecular complexity index is 235. The van der Waals surface area contributed by atoms with Crippen LogP contribution in [0.3, 0.4) is 0 Å². The van der Waals surface area contributed by atoms with E-state index in [2.05, 4.69) is 15.8 Å². The number of nitrogens with zero attached hydrogens (tertiary/aromatic N) is 2. The normalized spacial score (nSPS) is 40.4. The van der Waals surface area contributed by atoms with E-state index < -0.39 is 0 Å². The molecule has 5 nitrogen and oxygen atoms in total. The summed E-state index contributed by atoms with van der Waals surface area (Å²) in [6.07, 6.45) is 4.72. The first kappa shape index (κ1) is 10.8. The Morgan fingerprint density at radius 3 is 2.67 bits per heavy atom. The van der Waals surface area contributed by atoms with Crippen LogP contribution in [-0.2, 0) is 9.47 Å². The topological polar surface area (TPSA) is 55.2 Å². The van der Waals surface area contributed by atoms with Crippen molar-refractivity contribution in [1.82, 2.24) is 5.43 Å². The molecule has 0 aromatic heterocycles. The molecule has 1 saturated carbocycles. The second kappa shape index (κ2) is 4.90. The monoisotopic (exact) mass is 213 g/mol. The van der Waals surface area contributed by atoms with Crippen LogP contribution in [0.15, 0.2) is 10.3 Å². The Morgan fingerprint density at radius 1 is 1.13 bits per heavy atom. The summed E-state index contributed by atoms with van der Waals surface area (Å²) in [7, 11) is 3.47. The molecule has 2 aliphatic rings. The van der Waals surface area contributed by atoms with E-state index in [0.29, 0.717) is 6.04 Å². The summed E-state index contributed by atoms with van der Waals surface area (Å²) < 4.78 is 11.0. The van der Waals surface area contributed by atoms with Crippen LogP contribution in [0.4, 0.5) is 0 Å². The van der Waals surface area contributed by atoms with Crippen LogP contribution in [0.5, 0.6) is 0 Å². The fourth-order valence-electron chi connectivity index (χ4n) is 2.50. The van der Waals surface area contributed by atoms with Crippen molar-refractivity contribution in [2.75, 3.05) is 14.2 Å². The third-order valence-corrected chi connectivity index (χ3v) is 3.36. The lowest BCUT2D eigenvalue weighted by atomic mass is 9.89. The van der Waals surface area contributed by atoms with Gasteiger partial charge in [0.15, 0.2) is 0 Å². The third kappa shape index (κ3) is 2.13. The number of hydrogen-bond acceptors (Lipinski definition) is 5. The number of fused-ring (bicyclic) bond motifs is 1. The van der Waals surface area contributed by atoms with Crippen LogP contribution < -0.4 is 5.43 Å². The highest BCUT2D eigenvalue weighted by molar-refractivity contribution is 4.95. The number of methoxy groups -OCH3 is 2. The fraction of sp³-hybridized carbons (Fsp3) is 1.00. The molecule has 4 atom stereocenters. The van der Waals surface area contributed by atoms with Gasteiger partial charge in [-0.05, 0) is 12.8 Å². The van der Waals surface area contributed by atoms with E-state index in [1.54, 1.807) is 14.2 Å². The molecule has 1 heterocycles. The molecule has 0 saturated heterocycles. The first-order valence-corrected chi connectivity index (χ1v) is 5.57. The van der Waals surface area contributed by atoms with E-state index in [9.17, 15) is 0 Å². The molecule has 1 aliphatic carbocycles. The zero-order valence-corrected chi connectivity index (χ0v) is 9.35. The van der Waals surface area contributed by atoms with E-state index in [1.807, 2.05) is 0 Å². The molecule has 5 heteroatoms. The second-order valence-electron chi connectivity index (χ2n) is 4.20. The zero-order valence-electron chi connectivity index (χ0n) is 9.35. The first-order chi connectivity index (χ1) is 7.36. The van der Waals surface area contributed by atoms with Gasteiger partial charge in [-0.2, -0.15) is 5.11 Å². The Kier molecular flexibility index (Phi) is 3.53. The molecule has 0 radical (unpaired) electrons. The van der Waals surface area contributed by atoms with E-state index in [1.165, 1.54) is 12.8 Å². The van der Waals surface area contributed by atoms with Gasteiger partial charge in [-0.3, -0.25) is 5.43 Å². The minimum atomic E-state index is 0.0269. The van der Waals surface area contributed by atoms with Gasteiger partial charge in [-0.1, -0.05) is 18.1 Å². The van der Waals surface area contributed by atoms with E-state index in [0.717, 1.165) is 12.8 Å². The van der Waals surface area contributed by atoms with E-state index in [-0.39, 0.29) is 18.2 Å². The van der Waals surface area contributed by atoms with Gasteiger partial charge in [0, 0.05) is 14.2 Å². The van der Waals surface area contributed by atoms with Gasteiger partial charge in [0.05, 0.1) is 12.1 Å². The Labute approximate surface area is 90.2 Å². The molecule has 0 aromatic carbocycles. The van der Waals surface area contributed by atoms with Crippen LogP contribution in [0, 0.1) is 0 Å². The summed E-state index contributed by atoms with van der Waals surface area (Å²) in [4.78, 5) is 0. The van der Waals surface area contributed by atoms with Crippen LogP contribution in [0.25, 0.3) is 0 Å². The summed E-state index contributed by atoms with van der Waals surface area (Å²) in [6, 6.07) is 0.438. The largest absolute Gasteiger partial charge is 0.379 e. The van der Waals surface area contributed by atoms with Crippen molar-refractivity contribution >= 4 is 0 Å². The maximum Gasteiger partial charge on any atom is 0.123 e. The minimum absolute atomic E-state index is 0.0269. The van der Waals surface area contributed by atoms with Crippen LogP contribution in [0.1, 0.15) is 25.7 Å². The molecule has 0 aromatic rings. The van der Waals surface area contributed by atoms with Crippen LogP contribution >= 0.6 is 0 Å². The van der Waals surface area contributed by atoms with Crippen LogP contribution in [-0.4, -0.2) is 38.5 Å². The molecule has 2 unspecified atom stereocenters. The fourth-order valence-corrected chi connectivity index (χ4v) is 2.50. The average molecular weight is 213 g/mol. The Hall–Kier alpha value is -0.680. The predicted octanol–water partition coefficient (Wildman–Crippen LogP) is 1.30. The quantitative estimate of drug-likeness (QED) is 0.752. The molecule has 1 fully saturated rings. The zero-order chi connectivity index (χ0) is 10.7. The highest BCUT2D eigenvalue weighted by Crippen LogP contribution is 2.27. The number of hydrogen-bond donors (Lipinski definition) is 1. The molecule has 0 bridgehead atoms. The summed E-state index contributed by atoms with van der Waals surface area (Å²) in [5.74, 6) is 0. The number of rotatable bonds is 2. The number of nitrogens with one attached hydrogen (secondary N) is 1. The van der Waals surface area contributed by atoms with Gasteiger partial charge < -0.3 is 9.47 Å². The highest BCUT2D eigenvalue weighted by atomic mass is 16.5. The molecule has 15 heavy (non-hydrogen) atoms. The molecular formula is C10H19N3O2. The maximum atomic E-state index is 5.53.